The first-order valence-corrected chi connectivity index (χ1v) is 7.48. The van der Waals surface area contributed by atoms with Crippen molar-refractivity contribution in [1.29, 1.82) is 0 Å². The second kappa shape index (κ2) is 5.66. The lowest BCUT2D eigenvalue weighted by atomic mass is 10.1. The van der Waals surface area contributed by atoms with E-state index in [0.717, 1.165) is 10.9 Å². The number of amides is 1. The van der Waals surface area contributed by atoms with Crippen LogP contribution in [0.3, 0.4) is 0 Å². The molecule has 0 aliphatic carbocycles. The van der Waals surface area contributed by atoms with Crippen molar-refractivity contribution in [2.24, 2.45) is 0 Å². The summed E-state index contributed by atoms with van der Waals surface area (Å²) in [5.74, 6) is 0.529. The Morgan fingerprint density at radius 2 is 2.00 bits per heavy atom. The number of benzene rings is 1. The number of para-hydroxylation sites is 1. The molecule has 0 aliphatic rings. The molecule has 118 valence electrons. The first kappa shape index (κ1) is 14.2. The number of nitrogens with one attached hydrogen (secondary N) is 1. The van der Waals surface area contributed by atoms with E-state index in [1.807, 2.05) is 31.2 Å². The second-order valence-electron chi connectivity index (χ2n) is 5.33. The zero-order valence-electron chi connectivity index (χ0n) is 12.9. The van der Waals surface area contributed by atoms with E-state index in [4.69, 9.17) is 4.42 Å². The Morgan fingerprint density at radius 3 is 2.79 bits per heavy atom. The van der Waals surface area contributed by atoms with Gasteiger partial charge in [0.25, 0.3) is 5.91 Å². The summed E-state index contributed by atoms with van der Waals surface area (Å²) in [6.07, 6.45) is 5.08. The van der Waals surface area contributed by atoms with E-state index in [2.05, 4.69) is 15.4 Å². The van der Waals surface area contributed by atoms with Gasteiger partial charge in [-0.2, -0.15) is 5.10 Å². The van der Waals surface area contributed by atoms with Gasteiger partial charge in [-0.25, -0.2) is 9.67 Å². The maximum absolute atomic E-state index is 12.7. The molecule has 3 heterocycles. The fourth-order valence-electron chi connectivity index (χ4n) is 2.64. The largest absolute Gasteiger partial charge is 0.451 e. The van der Waals surface area contributed by atoms with Crippen LogP contribution in [0.25, 0.3) is 16.8 Å². The predicted molar refractivity (Wildman–Crippen MR) is 90.3 cm³/mol. The molecule has 0 spiro atoms. The molecule has 3 aromatic heterocycles. The molecule has 0 saturated heterocycles. The van der Waals surface area contributed by atoms with Crippen LogP contribution in [0, 0.1) is 6.92 Å². The number of furan rings is 1. The molecule has 0 unspecified atom stereocenters. The minimum absolute atomic E-state index is 0.298. The maximum atomic E-state index is 12.7. The molecule has 1 N–H and O–H groups in total. The van der Waals surface area contributed by atoms with Crippen LogP contribution in [0.1, 0.15) is 16.1 Å². The first-order chi connectivity index (χ1) is 11.7. The van der Waals surface area contributed by atoms with Crippen molar-refractivity contribution in [2.75, 3.05) is 5.32 Å². The van der Waals surface area contributed by atoms with Crippen molar-refractivity contribution in [3.8, 4) is 5.82 Å². The van der Waals surface area contributed by atoms with E-state index in [9.17, 15) is 4.79 Å². The highest BCUT2D eigenvalue weighted by atomic mass is 16.3. The first-order valence-electron chi connectivity index (χ1n) is 7.48. The molecular weight excluding hydrogens is 304 g/mol. The van der Waals surface area contributed by atoms with Crippen LogP contribution in [-0.2, 0) is 0 Å². The zero-order chi connectivity index (χ0) is 16.5. The van der Waals surface area contributed by atoms with Crippen molar-refractivity contribution in [3.63, 3.8) is 0 Å². The third-order valence-corrected chi connectivity index (χ3v) is 3.81. The average Bonchev–Trinajstić information content (AvgIpc) is 3.24. The van der Waals surface area contributed by atoms with E-state index in [0.29, 0.717) is 22.8 Å². The molecule has 1 amide bonds. The molecule has 6 heteroatoms. The number of rotatable bonds is 3. The SMILES string of the molecule is Cc1c(C(=O)Nc2cccnc2-n2cccn2)oc2ccccc12. The van der Waals surface area contributed by atoms with Gasteiger partial charge in [0, 0.05) is 29.5 Å². The predicted octanol–water partition coefficient (Wildman–Crippen LogP) is 3.57. The molecule has 4 rings (SSSR count). The Bertz CT molecular complexity index is 1020. The summed E-state index contributed by atoms with van der Waals surface area (Å²) in [7, 11) is 0. The van der Waals surface area contributed by atoms with Gasteiger partial charge in [-0.05, 0) is 31.2 Å². The van der Waals surface area contributed by atoms with Crippen molar-refractivity contribution in [3.05, 3.63) is 72.4 Å². The minimum atomic E-state index is -0.315. The van der Waals surface area contributed by atoms with Crippen LogP contribution < -0.4 is 5.32 Å². The standard InChI is InChI=1S/C18H14N4O2/c1-12-13-6-2-3-8-15(13)24-16(12)18(23)21-14-7-4-9-19-17(14)22-11-5-10-20-22/h2-11H,1H3,(H,21,23). The summed E-state index contributed by atoms with van der Waals surface area (Å²) in [6, 6.07) is 12.9. The number of hydrogen-bond acceptors (Lipinski definition) is 4. The Hall–Kier alpha value is -3.41. The number of carbonyl (C=O) groups is 1. The lowest BCUT2D eigenvalue weighted by Gasteiger charge is -2.09. The van der Waals surface area contributed by atoms with Crippen LogP contribution in [0.2, 0.25) is 0 Å². The lowest BCUT2D eigenvalue weighted by molar-refractivity contribution is 0.0998. The molecule has 4 aromatic rings. The summed E-state index contributed by atoms with van der Waals surface area (Å²) in [5, 5.41) is 7.95. The van der Waals surface area contributed by atoms with Gasteiger partial charge in [-0.3, -0.25) is 4.79 Å². The van der Waals surface area contributed by atoms with E-state index in [1.54, 1.807) is 41.5 Å². The lowest BCUT2D eigenvalue weighted by Crippen LogP contribution is -2.15. The van der Waals surface area contributed by atoms with Gasteiger partial charge in [0.1, 0.15) is 5.58 Å². The maximum Gasteiger partial charge on any atom is 0.291 e. The molecule has 1 aromatic carbocycles. The van der Waals surface area contributed by atoms with Crippen LogP contribution in [0.5, 0.6) is 0 Å². The number of aryl methyl sites for hydroxylation is 1. The summed E-state index contributed by atoms with van der Waals surface area (Å²) in [6.45, 7) is 1.87. The summed E-state index contributed by atoms with van der Waals surface area (Å²) < 4.78 is 7.31. The van der Waals surface area contributed by atoms with E-state index < -0.39 is 0 Å². The van der Waals surface area contributed by atoms with Crippen molar-refractivity contribution < 1.29 is 9.21 Å². The monoisotopic (exact) mass is 318 g/mol. The fraction of sp³-hybridized carbons (Fsp3) is 0.0556. The van der Waals surface area contributed by atoms with Gasteiger partial charge in [-0.15, -0.1) is 0 Å². The Balaban J connectivity index is 1.71. The number of nitrogens with zero attached hydrogens (tertiary/aromatic N) is 3. The summed E-state index contributed by atoms with van der Waals surface area (Å²) in [5.41, 5.74) is 2.07. The minimum Gasteiger partial charge on any atom is -0.451 e. The van der Waals surface area contributed by atoms with E-state index in [1.165, 1.54) is 0 Å². The number of hydrogen-bond donors (Lipinski definition) is 1. The van der Waals surface area contributed by atoms with Gasteiger partial charge < -0.3 is 9.73 Å². The number of pyridine rings is 1. The number of carbonyl (C=O) groups excluding carboxylic acids is 1. The quantitative estimate of drug-likeness (QED) is 0.626. The third-order valence-electron chi connectivity index (χ3n) is 3.81. The normalized spacial score (nSPS) is 10.9. The Kier molecular flexibility index (Phi) is 3.35. The Labute approximate surface area is 137 Å². The van der Waals surface area contributed by atoms with Crippen LogP contribution in [-0.4, -0.2) is 20.7 Å². The van der Waals surface area contributed by atoms with Crippen LogP contribution in [0.15, 0.2) is 65.5 Å². The number of aromatic nitrogens is 3. The zero-order valence-corrected chi connectivity index (χ0v) is 12.9. The van der Waals surface area contributed by atoms with Crippen molar-refractivity contribution in [2.45, 2.75) is 6.92 Å². The van der Waals surface area contributed by atoms with E-state index >= 15 is 0 Å². The highest BCUT2D eigenvalue weighted by Gasteiger charge is 2.19. The average molecular weight is 318 g/mol. The van der Waals surface area contributed by atoms with Gasteiger partial charge in [0.05, 0.1) is 5.69 Å². The molecule has 6 nitrogen and oxygen atoms in total. The highest BCUT2D eigenvalue weighted by Crippen LogP contribution is 2.26. The third kappa shape index (κ3) is 2.34. The second-order valence-corrected chi connectivity index (χ2v) is 5.33. The van der Waals surface area contributed by atoms with Gasteiger partial charge in [0.2, 0.25) is 0 Å². The molecule has 0 saturated carbocycles. The molecular formula is C18H14N4O2. The van der Waals surface area contributed by atoms with E-state index in [-0.39, 0.29) is 5.91 Å². The topological polar surface area (TPSA) is 73.0 Å². The number of anilines is 1. The number of fused-ring (bicyclic) bond motifs is 1. The molecule has 0 bridgehead atoms. The molecule has 24 heavy (non-hydrogen) atoms. The molecule has 0 radical (unpaired) electrons. The van der Waals surface area contributed by atoms with Gasteiger partial charge in [0.15, 0.2) is 11.6 Å². The van der Waals surface area contributed by atoms with Crippen molar-refractivity contribution in [1.82, 2.24) is 14.8 Å². The highest BCUT2D eigenvalue weighted by molar-refractivity contribution is 6.07. The fourth-order valence-corrected chi connectivity index (χ4v) is 2.64. The molecule has 0 fully saturated rings. The summed E-state index contributed by atoms with van der Waals surface area (Å²) in [4.78, 5) is 17.0. The molecule has 0 aliphatic heterocycles. The van der Waals surface area contributed by atoms with Gasteiger partial charge in [-0.1, -0.05) is 18.2 Å². The van der Waals surface area contributed by atoms with Crippen LogP contribution in [0.4, 0.5) is 5.69 Å². The molecule has 0 atom stereocenters. The summed E-state index contributed by atoms with van der Waals surface area (Å²) >= 11 is 0. The van der Waals surface area contributed by atoms with Gasteiger partial charge >= 0.3 is 0 Å². The van der Waals surface area contributed by atoms with Crippen molar-refractivity contribution >= 4 is 22.6 Å². The smallest absolute Gasteiger partial charge is 0.291 e. The Morgan fingerprint density at radius 1 is 1.12 bits per heavy atom. The van der Waals surface area contributed by atoms with Crippen LogP contribution >= 0.6 is 0 Å².